The van der Waals surface area contributed by atoms with E-state index in [2.05, 4.69) is 0 Å². The molecule has 2 N–H and O–H groups in total. The molecule has 9 nitrogen and oxygen atoms in total. The van der Waals surface area contributed by atoms with Gasteiger partial charge in [0, 0.05) is 24.4 Å². The summed E-state index contributed by atoms with van der Waals surface area (Å²) in [6.07, 6.45) is 0.256. The van der Waals surface area contributed by atoms with Gasteiger partial charge in [-0.2, -0.15) is 8.42 Å². The highest BCUT2D eigenvalue weighted by atomic mass is 32.2. The fourth-order valence-corrected chi connectivity index (χ4v) is 5.17. The Bertz CT molecular complexity index is 1220. The molecule has 2 aromatic rings. The van der Waals surface area contributed by atoms with Gasteiger partial charge in [-0.1, -0.05) is 12.1 Å². The number of benzene rings is 2. The second kappa shape index (κ2) is 7.51. The van der Waals surface area contributed by atoms with Crippen LogP contribution in [-0.2, 0) is 19.7 Å². The first-order valence-corrected chi connectivity index (χ1v) is 11.6. The topological polar surface area (TPSA) is 116 Å². The maximum Gasteiger partial charge on any atom is 0.410 e. The minimum Gasteiger partial charge on any atom is -0.506 e. The van der Waals surface area contributed by atoms with Gasteiger partial charge >= 0.3 is 16.3 Å². The number of nitrogens with zero attached hydrogens (tertiary/aromatic N) is 2. The first-order chi connectivity index (χ1) is 14.9. The van der Waals surface area contributed by atoms with E-state index in [1.54, 1.807) is 48.6 Å². The van der Waals surface area contributed by atoms with E-state index < -0.39 is 51.6 Å². The lowest BCUT2D eigenvalue weighted by atomic mass is 9.95. The monoisotopic (exact) mass is 465 g/mol. The highest BCUT2D eigenvalue weighted by molar-refractivity contribution is 7.92. The number of amides is 2. The van der Waals surface area contributed by atoms with Crippen LogP contribution < -0.4 is 9.03 Å². The van der Waals surface area contributed by atoms with E-state index in [-0.39, 0.29) is 11.3 Å². The number of phenolic OH excluding ortho intramolecular Hbond substituents is 1. The summed E-state index contributed by atoms with van der Waals surface area (Å²) in [6, 6.07) is 6.28. The van der Waals surface area contributed by atoms with Crippen LogP contribution in [0.3, 0.4) is 0 Å². The van der Waals surface area contributed by atoms with Crippen molar-refractivity contribution in [3.05, 3.63) is 35.6 Å². The highest BCUT2D eigenvalue weighted by Crippen LogP contribution is 2.40. The lowest BCUT2D eigenvalue weighted by molar-refractivity contribution is -0.117. The zero-order chi connectivity index (χ0) is 23.4. The molecule has 2 amide bonds. The first-order valence-electron chi connectivity index (χ1n) is 10.1. The maximum absolute atomic E-state index is 15.4. The minimum absolute atomic E-state index is 0.0534. The van der Waals surface area contributed by atoms with Gasteiger partial charge in [-0.3, -0.25) is 4.79 Å². The lowest BCUT2D eigenvalue weighted by Gasteiger charge is -2.24. The molecule has 2 heterocycles. The van der Waals surface area contributed by atoms with Gasteiger partial charge in [0.2, 0.25) is 0 Å². The van der Waals surface area contributed by atoms with Crippen LogP contribution in [0.25, 0.3) is 10.8 Å². The molecular weight excluding hydrogens is 441 g/mol. The molecule has 0 spiro atoms. The van der Waals surface area contributed by atoms with Crippen LogP contribution in [0.5, 0.6) is 5.75 Å². The first kappa shape index (κ1) is 22.1. The number of hydrogen-bond acceptors (Lipinski definition) is 6. The third-order valence-corrected chi connectivity index (χ3v) is 6.82. The smallest absolute Gasteiger partial charge is 0.410 e. The maximum atomic E-state index is 15.4. The van der Waals surface area contributed by atoms with E-state index in [1.807, 2.05) is 0 Å². The number of anilines is 1. The van der Waals surface area contributed by atoms with E-state index in [9.17, 15) is 23.1 Å². The molecular formula is C21H24FN3O6S. The van der Waals surface area contributed by atoms with Crippen molar-refractivity contribution in [1.29, 1.82) is 0 Å². The van der Waals surface area contributed by atoms with E-state index in [1.165, 1.54) is 6.07 Å². The van der Waals surface area contributed by atoms with Crippen molar-refractivity contribution in [1.82, 2.24) is 9.62 Å². The largest absolute Gasteiger partial charge is 0.506 e. The molecule has 32 heavy (non-hydrogen) atoms. The minimum atomic E-state index is -4.28. The number of fused-ring (bicyclic) bond motifs is 1. The van der Waals surface area contributed by atoms with Crippen molar-refractivity contribution in [3.63, 3.8) is 0 Å². The number of hydrogen-bond donors (Lipinski definition) is 2. The molecule has 2 aromatic carbocycles. The van der Waals surface area contributed by atoms with Crippen molar-refractivity contribution in [2.45, 2.75) is 38.7 Å². The average molecular weight is 466 g/mol. The number of phenols is 1. The van der Waals surface area contributed by atoms with Crippen LogP contribution in [0.2, 0.25) is 0 Å². The Morgan fingerprint density at radius 1 is 1.28 bits per heavy atom. The predicted octanol–water partition coefficient (Wildman–Crippen LogP) is 2.59. The van der Waals surface area contributed by atoms with Gasteiger partial charge in [0.1, 0.15) is 23.6 Å². The van der Waals surface area contributed by atoms with Crippen LogP contribution in [-0.4, -0.2) is 55.7 Å². The predicted molar refractivity (Wildman–Crippen MR) is 115 cm³/mol. The molecule has 0 bridgehead atoms. The number of likely N-dealkylation sites (tertiary alicyclic amines) is 1. The van der Waals surface area contributed by atoms with Crippen LogP contribution in [0.4, 0.5) is 14.9 Å². The third-order valence-electron chi connectivity index (χ3n) is 5.44. The van der Waals surface area contributed by atoms with Gasteiger partial charge < -0.3 is 14.7 Å². The summed E-state index contributed by atoms with van der Waals surface area (Å²) in [5.74, 6) is -2.39. The lowest BCUT2D eigenvalue weighted by Crippen LogP contribution is -2.35. The standard InChI is InChI=1S/C21H24FN3O6S/c1-21(2,3)31-20(28)24-7-6-14(10-24)12-4-5-13-9-16(26)19(18(22)15(13)8-12)25-11-17(27)23-32(25,29)30/h4-5,8-9,14,26H,6-7,10-11H2,1-3H3,(H,23,27). The molecule has 1 atom stereocenters. The molecule has 2 aliphatic heterocycles. The summed E-state index contributed by atoms with van der Waals surface area (Å²) in [6.45, 7) is 5.67. The molecule has 0 radical (unpaired) electrons. The van der Waals surface area contributed by atoms with Crippen molar-refractivity contribution in [2.75, 3.05) is 23.9 Å². The molecule has 2 aliphatic rings. The molecule has 0 saturated carbocycles. The molecule has 172 valence electrons. The molecule has 1 unspecified atom stereocenters. The SMILES string of the molecule is CC(C)(C)OC(=O)N1CCC(c2ccc3cc(O)c(N4CC(=O)NS4(=O)=O)c(F)c3c2)C1. The molecule has 2 saturated heterocycles. The molecule has 0 aliphatic carbocycles. The number of halogens is 1. The Hall–Kier alpha value is -3.08. The Kier molecular flexibility index (Phi) is 5.19. The number of rotatable bonds is 2. The van der Waals surface area contributed by atoms with Crippen molar-refractivity contribution >= 4 is 38.7 Å². The Balaban J connectivity index is 1.66. The van der Waals surface area contributed by atoms with Gasteiger partial charge in [0.05, 0.1) is 0 Å². The molecule has 2 fully saturated rings. The fraction of sp³-hybridized carbons (Fsp3) is 0.429. The zero-order valence-electron chi connectivity index (χ0n) is 17.9. The van der Waals surface area contributed by atoms with Gasteiger partial charge in [0.15, 0.2) is 5.82 Å². The molecule has 11 heteroatoms. The molecule has 0 aromatic heterocycles. The summed E-state index contributed by atoms with van der Waals surface area (Å²) in [5, 5.41) is 10.8. The van der Waals surface area contributed by atoms with Crippen LogP contribution in [0.15, 0.2) is 24.3 Å². The number of carbonyl (C=O) groups excluding carboxylic acids is 2. The summed E-state index contributed by atoms with van der Waals surface area (Å²) in [7, 11) is -4.28. The normalized spacial score (nSPS) is 20.6. The van der Waals surface area contributed by atoms with Crippen LogP contribution in [0.1, 0.15) is 38.7 Å². The fourth-order valence-electron chi connectivity index (χ4n) is 4.01. The summed E-state index contributed by atoms with van der Waals surface area (Å²) < 4.78 is 47.4. The highest BCUT2D eigenvalue weighted by Gasteiger charge is 2.38. The van der Waals surface area contributed by atoms with E-state index in [4.69, 9.17) is 4.74 Å². The quantitative estimate of drug-likeness (QED) is 0.704. The van der Waals surface area contributed by atoms with Gasteiger partial charge in [-0.15, -0.1) is 0 Å². The van der Waals surface area contributed by atoms with Crippen molar-refractivity contribution in [3.8, 4) is 5.75 Å². The van der Waals surface area contributed by atoms with Gasteiger partial charge in [-0.25, -0.2) is 18.2 Å². The Morgan fingerprint density at radius 3 is 2.62 bits per heavy atom. The van der Waals surface area contributed by atoms with Crippen molar-refractivity contribution in [2.24, 2.45) is 0 Å². The average Bonchev–Trinajstić information content (AvgIpc) is 3.25. The summed E-state index contributed by atoms with van der Waals surface area (Å²) in [4.78, 5) is 25.5. The summed E-state index contributed by atoms with van der Waals surface area (Å²) >= 11 is 0. The van der Waals surface area contributed by atoms with E-state index in [0.717, 1.165) is 5.56 Å². The number of ether oxygens (including phenoxy) is 1. The Labute approximate surface area is 184 Å². The van der Waals surface area contributed by atoms with Crippen LogP contribution in [0, 0.1) is 5.82 Å². The number of nitrogens with one attached hydrogen (secondary N) is 1. The third kappa shape index (κ3) is 4.04. The van der Waals surface area contributed by atoms with Gasteiger partial charge in [-0.05, 0) is 50.3 Å². The number of aromatic hydroxyl groups is 1. The second-order valence-electron chi connectivity index (χ2n) is 8.99. The van der Waals surface area contributed by atoms with Crippen molar-refractivity contribution < 1.29 is 32.2 Å². The van der Waals surface area contributed by atoms with E-state index in [0.29, 0.717) is 29.2 Å². The van der Waals surface area contributed by atoms with Crippen LogP contribution >= 0.6 is 0 Å². The second-order valence-corrected chi connectivity index (χ2v) is 10.6. The zero-order valence-corrected chi connectivity index (χ0v) is 18.7. The summed E-state index contributed by atoms with van der Waals surface area (Å²) in [5.41, 5.74) is -0.404. The molecule has 4 rings (SSSR count). The Morgan fingerprint density at radius 2 is 2.00 bits per heavy atom. The van der Waals surface area contributed by atoms with E-state index >= 15 is 4.39 Å². The number of carbonyl (C=O) groups is 2. The van der Waals surface area contributed by atoms with Gasteiger partial charge in [0.25, 0.3) is 5.91 Å².